The van der Waals surface area contributed by atoms with E-state index in [0.29, 0.717) is 34.2 Å². The smallest absolute Gasteiger partial charge is 0.256 e. The van der Waals surface area contributed by atoms with E-state index in [2.05, 4.69) is 22.5 Å². The Morgan fingerprint density at radius 3 is 2.83 bits per heavy atom. The van der Waals surface area contributed by atoms with Crippen LogP contribution < -0.4 is 10.6 Å². The van der Waals surface area contributed by atoms with Crippen molar-refractivity contribution in [2.75, 3.05) is 31.5 Å². The average Bonchev–Trinajstić information content (AvgIpc) is 3.47. The number of nitrogens with zero attached hydrogens (tertiary/aromatic N) is 1. The van der Waals surface area contributed by atoms with Crippen LogP contribution in [0.4, 0.5) is 5.69 Å². The zero-order valence-electron chi connectivity index (χ0n) is 20.4. The molecule has 7 heteroatoms. The number of rotatable bonds is 7. The molecule has 6 nitrogen and oxygen atoms in total. The van der Waals surface area contributed by atoms with Crippen LogP contribution in [-0.4, -0.2) is 42.9 Å². The normalized spacial score (nSPS) is 17.3. The molecular weight excluding hydrogens is 474 g/mol. The van der Waals surface area contributed by atoms with Crippen molar-refractivity contribution in [3.8, 4) is 11.3 Å². The highest BCUT2D eigenvalue weighted by Crippen LogP contribution is 2.35. The van der Waals surface area contributed by atoms with Crippen LogP contribution in [0.5, 0.6) is 0 Å². The maximum absolute atomic E-state index is 12.7. The van der Waals surface area contributed by atoms with E-state index < -0.39 is 0 Å². The van der Waals surface area contributed by atoms with Gasteiger partial charge in [0.1, 0.15) is 11.5 Å². The number of carbonyl (C=O) groups excluding carboxylic acids is 2. The molecule has 2 aliphatic heterocycles. The number of amides is 2. The van der Waals surface area contributed by atoms with Gasteiger partial charge in [0.25, 0.3) is 11.8 Å². The summed E-state index contributed by atoms with van der Waals surface area (Å²) in [6.45, 7) is 6.30. The Hall–Kier alpha value is -3.35. The fourth-order valence-corrected chi connectivity index (χ4v) is 4.91. The summed E-state index contributed by atoms with van der Waals surface area (Å²) in [5, 5.41) is 6.44. The average molecular weight is 504 g/mol. The van der Waals surface area contributed by atoms with Crippen molar-refractivity contribution in [1.82, 2.24) is 10.2 Å². The first-order valence-corrected chi connectivity index (χ1v) is 12.9. The molecule has 0 aliphatic carbocycles. The summed E-state index contributed by atoms with van der Waals surface area (Å²) in [6, 6.07) is 16.3. The Labute approximate surface area is 216 Å². The predicted octanol–water partition coefficient (Wildman–Crippen LogP) is 5.94. The van der Waals surface area contributed by atoms with E-state index in [0.717, 1.165) is 48.8 Å². The molecule has 3 heterocycles. The lowest BCUT2D eigenvalue weighted by Gasteiger charge is -2.30. The van der Waals surface area contributed by atoms with Crippen molar-refractivity contribution in [1.29, 1.82) is 0 Å². The van der Waals surface area contributed by atoms with Gasteiger partial charge < -0.3 is 20.0 Å². The van der Waals surface area contributed by atoms with Crippen LogP contribution in [-0.2, 0) is 4.79 Å². The number of hydrogen-bond donors (Lipinski definition) is 2. The molecule has 0 atom stereocenters. The van der Waals surface area contributed by atoms with Gasteiger partial charge >= 0.3 is 0 Å². The fourth-order valence-electron chi connectivity index (χ4n) is 4.74. The summed E-state index contributed by atoms with van der Waals surface area (Å²) in [5.74, 6) is 1.71. The van der Waals surface area contributed by atoms with Crippen LogP contribution in [0.1, 0.15) is 47.9 Å². The van der Waals surface area contributed by atoms with Gasteiger partial charge in [0.2, 0.25) is 0 Å². The first-order valence-electron chi connectivity index (χ1n) is 12.5. The summed E-state index contributed by atoms with van der Waals surface area (Å²) in [6.07, 6.45) is 5.18. The quantitative estimate of drug-likeness (QED) is 0.309. The van der Waals surface area contributed by atoms with Crippen LogP contribution in [0, 0.1) is 5.92 Å². The van der Waals surface area contributed by atoms with E-state index in [9.17, 15) is 9.59 Å². The van der Waals surface area contributed by atoms with Gasteiger partial charge in [-0.1, -0.05) is 30.7 Å². The summed E-state index contributed by atoms with van der Waals surface area (Å²) in [4.78, 5) is 27.6. The van der Waals surface area contributed by atoms with Crippen LogP contribution in [0.2, 0.25) is 5.02 Å². The molecule has 0 bridgehead atoms. The summed E-state index contributed by atoms with van der Waals surface area (Å²) in [7, 11) is 0. The van der Waals surface area contributed by atoms with E-state index in [1.54, 1.807) is 30.3 Å². The van der Waals surface area contributed by atoms with Crippen molar-refractivity contribution in [2.24, 2.45) is 5.92 Å². The van der Waals surface area contributed by atoms with E-state index >= 15 is 0 Å². The van der Waals surface area contributed by atoms with Crippen molar-refractivity contribution < 1.29 is 14.0 Å². The molecule has 0 saturated carbocycles. The molecule has 0 unspecified atom stereocenters. The number of nitrogens with one attached hydrogen (secondary N) is 2. The van der Waals surface area contributed by atoms with Gasteiger partial charge in [-0.15, -0.1) is 0 Å². The molecule has 2 amide bonds. The highest BCUT2D eigenvalue weighted by molar-refractivity contribution is 6.36. The molecule has 1 saturated heterocycles. The van der Waals surface area contributed by atoms with Gasteiger partial charge in [-0.05, 0) is 93.4 Å². The van der Waals surface area contributed by atoms with Gasteiger partial charge in [-0.3, -0.25) is 9.59 Å². The first-order chi connectivity index (χ1) is 17.5. The van der Waals surface area contributed by atoms with Crippen LogP contribution in [0.25, 0.3) is 23.0 Å². The number of piperidine rings is 1. The number of likely N-dealkylation sites (tertiary alicyclic amines) is 1. The lowest BCUT2D eigenvalue weighted by molar-refractivity contribution is -0.110. The molecular formula is C29H30ClN3O3. The Morgan fingerprint density at radius 1 is 1.17 bits per heavy atom. The van der Waals surface area contributed by atoms with E-state index in [1.165, 1.54) is 12.8 Å². The predicted molar refractivity (Wildman–Crippen MR) is 144 cm³/mol. The molecule has 1 fully saturated rings. The number of benzene rings is 2. The Balaban J connectivity index is 1.21. The maximum Gasteiger partial charge on any atom is 0.256 e. The van der Waals surface area contributed by atoms with Crippen molar-refractivity contribution in [2.45, 2.75) is 26.2 Å². The molecule has 5 rings (SSSR count). The van der Waals surface area contributed by atoms with Crippen molar-refractivity contribution >= 4 is 40.8 Å². The number of furan rings is 1. The third-order valence-electron chi connectivity index (χ3n) is 6.90. The molecule has 2 aromatic carbocycles. The van der Waals surface area contributed by atoms with Gasteiger partial charge in [0.05, 0.1) is 5.57 Å². The fraction of sp³-hybridized carbons (Fsp3) is 0.310. The minimum absolute atomic E-state index is 0.0888. The highest BCUT2D eigenvalue weighted by atomic mass is 35.5. The van der Waals surface area contributed by atoms with Gasteiger partial charge in [0, 0.05) is 33.9 Å². The van der Waals surface area contributed by atoms with Gasteiger partial charge in [0.15, 0.2) is 0 Å². The monoisotopic (exact) mass is 503 g/mol. The molecule has 1 aromatic heterocycles. The number of carbonyl (C=O) groups is 2. The SMILES string of the molecule is CC1CCN(CCCNC(=O)c2cccc(-c3ccc(/C=C4/C(=O)Nc5ccc(Cl)cc54)o3)c2)CC1. The molecule has 36 heavy (non-hydrogen) atoms. The number of anilines is 1. The zero-order valence-corrected chi connectivity index (χ0v) is 21.1. The molecule has 186 valence electrons. The first kappa shape index (κ1) is 24.3. The Kier molecular flexibility index (Phi) is 7.25. The lowest BCUT2D eigenvalue weighted by Crippen LogP contribution is -2.35. The minimum atomic E-state index is -0.196. The third kappa shape index (κ3) is 5.55. The van der Waals surface area contributed by atoms with Gasteiger partial charge in [-0.25, -0.2) is 0 Å². The van der Waals surface area contributed by atoms with Gasteiger partial charge in [-0.2, -0.15) is 0 Å². The standard InChI is InChI=1S/C29H30ClN3O3/c1-19-10-14-33(15-11-19)13-3-12-31-28(34)21-5-2-4-20(16-21)27-9-7-23(36-27)18-25-24-17-22(30)6-8-26(24)32-29(25)35/h2,4-9,16-19H,3,10-15H2,1H3,(H,31,34)(H,32,35)/b25-18+. The second-order valence-corrected chi connectivity index (χ2v) is 10.1. The molecule has 2 N–H and O–H groups in total. The molecule has 0 spiro atoms. The zero-order chi connectivity index (χ0) is 25.1. The van der Waals surface area contributed by atoms with Crippen LogP contribution in [0.15, 0.2) is 59.0 Å². The summed E-state index contributed by atoms with van der Waals surface area (Å²) in [5.41, 5.74) is 3.37. The second kappa shape index (κ2) is 10.7. The number of halogens is 1. The van der Waals surface area contributed by atoms with Crippen molar-refractivity contribution in [3.05, 3.63) is 76.5 Å². The third-order valence-corrected chi connectivity index (χ3v) is 7.14. The summed E-state index contributed by atoms with van der Waals surface area (Å²) >= 11 is 6.12. The van der Waals surface area contributed by atoms with Crippen molar-refractivity contribution in [3.63, 3.8) is 0 Å². The molecule has 0 radical (unpaired) electrons. The number of fused-ring (bicyclic) bond motifs is 1. The lowest BCUT2D eigenvalue weighted by atomic mass is 9.99. The summed E-state index contributed by atoms with van der Waals surface area (Å²) < 4.78 is 6.01. The number of hydrogen-bond acceptors (Lipinski definition) is 4. The Bertz CT molecular complexity index is 1300. The highest BCUT2D eigenvalue weighted by Gasteiger charge is 2.24. The largest absolute Gasteiger partial charge is 0.457 e. The van der Waals surface area contributed by atoms with Crippen LogP contribution >= 0.6 is 11.6 Å². The van der Waals surface area contributed by atoms with E-state index in [1.807, 2.05) is 30.3 Å². The Morgan fingerprint density at radius 2 is 2.00 bits per heavy atom. The van der Waals surface area contributed by atoms with Crippen LogP contribution in [0.3, 0.4) is 0 Å². The molecule has 3 aromatic rings. The maximum atomic E-state index is 12.7. The van der Waals surface area contributed by atoms with E-state index in [4.69, 9.17) is 16.0 Å². The minimum Gasteiger partial charge on any atom is -0.457 e. The molecule has 2 aliphatic rings. The topological polar surface area (TPSA) is 74.6 Å². The van der Waals surface area contributed by atoms with E-state index in [-0.39, 0.29) is 11.8 Å². The second-order valence-electron chi connectivity index (χ2n) is 9.62.